The molecule has 6 aliphatic carbocycles. The molecule has 280 valence electrons. The lowest BCUT2D eigenvalue weighted by molar-refractivity contribution is -0.116. The van der Waals surface area contributed by atoms with Crippen LogP contribution in [0.5, 0.6) is 0 Å². The second-order valence-corrected chi connectivity index (χ2v) is 18.2. The van der Waals surface area contributed by atoms with E-state index < -0.39 is 57.9 Å². The molecule has 1 atom stereocenters. The van der Waals surface area contributed by atoms with Gasteiger partial charge in [-0.15, -0.1) is 22.7 Å². The Balaban J connectivity index is 1.04. The summed E-state index contributed by atoms with van der Waals surface area (Å²) in [4.78, 5) is 64.3. The van der Waals surface area contributed by atoms with Crippen LogP contribution in [-0.4, -0.2) is 33.1 Å². The third-order valence-corrected chi connectivity index (χ3v) is 15.4. The molecular weight excluding hydrogens is 761 g/mol. The first-order chi connectivity index (χ1) is 27.0. The van der Waals surface area contributed by atoms with Crippen LogP contribution < -0.4 is 0 Å². The van der Waals surface area contributed by atoms with Gasteiger partial charge in [-0.1, -0.05) is 38.5 Å². The van der Waals surface area contributed by atoms with Crippen molar-refractivity contribution in [2.24, 2.45) is 0 Å². The highest BCUT2D eigenvalue weighted by molar-refractivity contribution is 7.16. The fraction of sp³-hybridized carbons (Fsp3) is 0.318. The van der Waals surface area contributed by atoms with E-state index in [-0.39, 0.29) is 39.5 Å². The second kappa shape index (κ2) is 11.8. The molecule has 0 radical (unpaired) electrons. The van der Waals surface area contributed by atoms with Crippen LogP contribution in [0.4, 0.5) is 17.6 Å². The number of nitrogens with zero attached hydrogens (tertiary/aromatic N) is 2. The van der Waals surface area contributed by atoms with Crippen molar-refractivity contribution in [1.29, 1.82) is 0 Å². The van der Waals surface area contributed by atoms with Crippen molar-refractivity contribution in [3.63, 3.8) is 0 Å². The fourth-order valence-corrected chi connectivity index (χ4v) is 13.1. The molecule has 2 aromatic heterocycles. The van der Waals surface area contributed by atoms with Gasteiger partial charge >= 0.3 is 0 Å². The van der Waals surface area contributed by atoms with E-state index in [2.05, 4.69) is 12.1 Å². The third kappa shape index (κ3) is 4.48. The Labute approximate surface area is 325 Å². The fourth-order valence-electron chi connectivity index (χ4n) is 10.8. The maximum absolute atomic E-state index is 14.7. The molecule has 12 heteroatoms. The highest BCUT2D eigenvalue weighted by Crippen LogP contribution is 2.63. The van der Waals surface area contributed by atoms with Gasteiger partial charge in [0.2, 0.25) is 23.1 Å². The number of carbonyl (C=O) groups is 4. The summed E-state index contributed by atoms with van der Waals surface area (Å²) < 4.78 is 58.0. The first kappa shape index (κ1) is 34.3. The zero-order valence-corrected chi connectivity index (χ0v) is 31.4. The van der Waals surface area contributed by atoms with Crippen LogP contribution >= 0.6 is 22.7 Å². The topological polar surface area (TPSA) is 94.1 Å². The lowest BCUT2D eigenvalue weighted by atomic mass is 9.67. The molecular formula is C44H30F4N2O4S2. The van der Waals surface area contributed by atoms with Gasteiger partial charge in [0.05, 0.1) is 43.2 Å². The van der Waals surface area contributed by atoms with E-state index in [0.29, 0.717) is 22.1 Å². The molecule has 3 aromatic carbocycles. The highest BCUT2D eigenvalue weighted by Gasteiger charge is 2.52. The van der Waals surface area contributed by atoms with Gasteiger partial charge in [0.15, 0.2) is 0 Å². The van der Waals surface area contributed by atoms with Crippen LogP contribution in [-0.2, 0) is 26.8 Å². The number of aromatic nitrogens is 2. The second-order valence-electron chi connectivity index (χ2n) is 16.1. The summed E-state index contributed by atoms with van der Waals surface area (Å²) in [6.45, 7) is 0. The molecule has 2 heterocycles. The molecule has 56 heavy (non-hydrogen) atoms. The molecule has 11 rings (SSSR count). The number of rotatable bonds is 3. The van der Waals surface area contributed by atoms with Gasteiger partial charge in [-0.3, -0.25) is 19.2 Å². The quantitative estimate of drug-likeness (QED) is 0.103. The molecule has 0 saturated heterocycles. The normalized spacial score (nSPS) is 21.6. The first-order valence-corrected chi connectivity index (χ1v) is 20.7. The van der Waals surface area contributed by atoms with Crippen molar-refractivity contribution in [3.8, 4) is 20.9 Å². The Morgan fingerprint density at radius 1 is 0.625 bits per heavy atom. The lowest BCUT2D eigenvalue weighted by Crippen LogP contribution is -2.30. The summed E-state index contributed by atoms with van der Waals surface area (Å²) in [5.74, 6) is -8.32. The molecule has 5 aromatic rings. The minimum absolute atomic E-state index is 0.0526. The van der Waals surface area contributed by atoms with Crippen molar-refractivity contribution in [3.05, 3.63) is 114 Å². The van der Waals surface area contributed by atoms with E-state index in [1.807, 2.05) is 0 Å². The molecule has 6 aliphatic rings. The summed E-state index contributed by atoms with van der Waals surface area (Å²) in [5, 5.41) is 1.15. The number of carbonyl (C=O) groups excluding carboxylic acids is 4. The van der Waals surface area contributed by atoms with Gasteiger partial charge in [-0.2, -0.15) is 0 Å². The van der Waals surface area contributed by atoms with E-state index in [9.17, 15) is 36.7 Å². The van der Waals surface area contributed by atoms with Crippen molar-refractivity contribution in [1.82, 2.24) is 9.97 Å². The van der Waals surface area contributed by atoms with Crippen molar-refractivity contribution in [2.75, 3.05) is 0 Å². The van der Waals surface area contributed by atoms with Gasteiger partial charge in [-0.25, -0.2) is 27.5 Å². The summed E-state index contributed by atoms with van der Waals surface area (Å²) >= 11 is 2.92. The molecule has 0 bridgehead atoms. The molecule has 2 saturated carbocycles. The van der Waals surface area contributed by atoms with Crippen molar-refractivity contribution < 1.29 is 36.7 Å². The number of benzene rings is 3. The van der Waals surface area contributed by atoms with Gasteiger partial charge in [0.25, 0.3) is 0 Å². The minimum atomic E-state index is -1.06. The zero-order chi connectivity index (χ0) is 38.4. The predicted molar refractivity (Wildman–Crippen MR) is 202 cm³/mol. The lowest BCUT2D eigenvalue weighted by Gasteiger charge is -2.36. The Morgan fingerprint density at radius 2 is 1.20 bits per heavy atom. The Morgan fingerprint density at radius 3 is 1.84 bits per heavy atom. The maximum Gasteiger partial charge on any atom is 0.237 e. The maximum atomic E-state index is 14.7. The number of allylic oxidation sites excluding steroid dienone is 1. The van der Waals surface area contributed by atoms with E-state index in [1.54, 1.807) is 0 Å². The molecule has 6 nitrogen and oxygen atoms in total. The number of ketones is 4. The summed E-state index contributed by atoms with van der Waals surface area (Å²) in [7, 11) is 0. The number of Topliss-reactive ketones (excluding diaryl/α,β-unsaturated/α-hetero) is 4. The van der Waals surface area contributed by atoms with Crippen LogP contribution in [0.15, 0.2) is 36.4 Å². The first-order valence-electron chi connectivity index (χ1n) is 19.1. The van der Waals surface area contributed by atoms with E-state index in [0.717, 1.165) is 109 Å². The van der Waals surface area contributed by atoms with Crippen molar-refractivity contribution >= 4 is 57.5 Å². The van der Waals surface area contributed by atoms with Crippen molar-refractivity contribution in [2.45, 2.75) is 87.4 Å². The minimum Gasteiger partial charge on any atom is -0.290 e. The molecule has 0 aliphatic heterocycles. The van der Waals surface area contributed by atoms with Gasteiger partial charge in [-0.05, 0) is 83.8 Å². The predicted octanol–water partition coefficient (Wildman–Crippen LogP) is 10.0. The summed E-state index contributed by atoms with van der Waals surface area (Å²) in [5.41, 5.74) is 4.94. The monoisotopic (exact) mass is 790 g/mol. The Hall–Kier alpha value is -4.94. The van der Waals surface area contributed by atoms with E-state index in [1.165, 1.54) is 39.9 Å². The Kier molecular flexibility index (Phi) is 7.23. The summed E-state index contributed by atoms with van der Waals surface area (Å²) in [6.07, 6.45) is 11.3. The van der Waals surface area contributed by atoms with Gasteiger partial charge in [0.1, 0.15) is 28.3 Å². The molecule has 0 N–H and O–H groups in total. The summed E-state index contributed by atoms with van der Waals surface area (Å²) in [6, 6.07) is 8.01. The molecule has 2 spiro atoms. The van der Waals surface area contributed by atoms with Crippen LogP contribution in [0.25, 0.3) is 32.5 Å². The molecule has 1 unspecified atom stereocenters. The number of fused-ring (bicyclic) bond motifs is 12. The number of hydrogen-bond acceptors (Lipinski definition) is 8. The van der Waals surface area contributed by atoms with Crippen LogP contribution in [0, 0.1) is 23.3 Å². The third-order valence-electron chi connectivity index (χ3n) is 13.2. The number of thiazole rings is 2. The van der Waals surface area contributed by atoms with E-state index >= 15 is 0 Å². The van der Waals surface area contributed by atoms with Crippen LogP contribution in [0.1, 0.15) is 134 Å². The molecule has 2 fully saturated rings. The largest absolute Gasteiger partial charge is 0.290 e. The standard InChI is InChI=1S/C44H30F4N2O4S2/c45-19-11-21-23(35(51)37(53)33(21)29(47)13-19)17-31-49-41-39(55-31)25-16-28-26(15-27(25)43(41)7-3-1-4-8-43)40-42(44(28)9-5-2-6-10-44)50-32(56-40)18-24-22-12-20(46)14-30(48)34(22)38(54)36(24)52/h11-17,24H,1-10,18H2/b23-17-. The molecule has 0 amide bonds. The average molecular weight is 791 g/mol. The smallest absolute Gasteiger partial charge is 0.237 e. The van der Waals surface area contributed by atoms with Crippen LogP contribution in [0.3, 0.4) is 0 Å². The zero-order valence-electron chi connectivity index (χ0n) is 29.8. The number of hydrogen-bond donors (Lipinski definition) is 0. The van der Waals surface area contributed by atoms with Gasteiger partial charge in [0, 0.05) is 40.5 Å². The van der Waals surface area contributed by atoms with Crippen LogP contribution in [0.2, 0.25) is 0 Å². The SMILES string of the molecule is O=C1C(=O)c2c(F)cc(F)cc2/C1=C/c1nc2c(s1)-c1cc3c(cc1C21CCCCC1)-c1sc(CC2C(=O)C(=O)c4c(F)cc(F)cc42)nc1C31CCCCC1. The van der Waals surface area contributed by atoms with E-state index in [4.69, 9.17) is 9.97 Å². The Bertz CT molecular complexity index is 2730. The average Bonchev–Trinajstić information content (AvgIpc) is 3.99. The highest BCUT2D eigenvalue weighted by atomic mass is 32.1. The number of halogens is 4. The van der Waals surface area contributed by atoms with Gasteiger partial charge < -0.3 is 0 Å².